The van der Waals surface area contributed by atoms with Gasteiger partial charge in [0.2, 0.25) is 0 Å². The van der Waals surface area contributed by atoms with Gasteiger partial charge in [0.1, 0.15) is 0 Å². The van der Waals surface area contributed by atoms with Crippen molar-refractivity contribution in [2.45, 2.75) is 0 Å². The number of nitrogens with one attached hydrogen (secondary N) is 1. The van der Waals surface area contributed by atoms with Crippen molar-refractivity contribution < 1.29 is 17.2 Å². The first-order valence-corrected chi connectivity index (χ1v) is 5.43. The molecule has 1 N–H and O–H groups in total. The van der Waals surface area contributed by atoms with Gasteiger partial charge in [0.05, 0.1) is 5.69 Å². The summed E-state index contributed by atoms with van der Waals surface area (Å²) in [4.78, 5) is 0. The zero-order valence-corrected chi connectivity index (χ0v) is 8.98. The van der Waals surface area contributed by atoms with E-state index in [-0.39, 0.29) is 0 Å². The molecule has 0 bridgehead atoms. The van der Waals surface area contributed by atoms with Crippen LogP contribution in [0, 0.1) is 11.6 Å². The van der Waals surface area contributed by atoms with E-state index in [1.54, 1.807) is 0 Å². The summed E-state index contributed by atoms with van der Waals surface area (Å²) in [7, 11) is -1.26. The molecule has 0 aliphatic heterocycles. The highest BCUT2D eigenvalue weighted by Gasteiger charge is 2.16. The number of halogens is 2. The zero-order valence-electron chi connectivity index (χ0n) is 8.16. The molecule has 7 heteroatoms. The molecule has 0 radical (unpaired) electrons. The fourth-order valence-electron chi connectivity index (χ4n) is 0.813. The maximum Gasteiger partial charge on any atom is 0.301 e. The summed E-state index contributed by atoms with van der Waals surface area (Å²) in [6.07, 6.45) is 0. The molecule has 84 valence electrons. The van der Waals surface area contributed by atoms with Crippen LogP contribution >= 0.6 is 0 Å². The average Bonchev–Trinajstić information content (AvgIpc) is 2.12. The summed E-state index contributed by atoms with van der Waals surface area (Å²) in [6.45, 7) is 0. The minimum Gasteiger partial charge on any atom is -0.268 e. The molecule has 0 heterocycles. The molecule has 1 rings (SSSR count). The first-order chi connectivity index (χ1) is 6.84. The molecule has 0 atom stereocenters. The van der Waals surface area contributed by atoms with E-state index in [0.29, 0.717) is 0 Å². The normalized spacial score (nSPS) is 11.8. The number of benzene rings is 1. The Morgan fingerprint density at radius 3 is 2.40 bits per heavy atom. The lowest BCUT2D eigenvalue weighted by atomic mass is 10.3. The van der Waals surface area contributed by atoms with Crippen LogP contribution < -0.4 is 4.72 Å². The fourth-order valence-corrected chi connectivity index (χ4v) is 1.43. The summed E-state index contributed by atoms with van der Waals surface area (Å²) < 4.78 is 51.2. The van der Waals surface area contributed by atoms with E-state index in [0.717, 1.165) is 16.4 Å². The van der Waals surface area contributed by atoms with Crippen LogP contribution in [0.5, 0.6) is 0 Å². The standard InChI is InChI=1S/C8H10F2N2O2S/c1-12(2)15(13,14)11-7-5-3-4-6(9)8(7)10/h3-5,11H,1-2H3. The second-order valence-corrected chi connectivity index (χ2v) is 4.88. The van der Waals surface area contributed by atoms with E-state index in [4.69, 9.17) is 0 Å². The van der Waals surface area contributed by atoms with Gasteiger partial charge in [-0.25, -0.2) is 8.78 Å². The number of nitrogens with zero attached hydrogens (tertiary/aromatic N) is 1. The molecule has 0 amide bonds. The second kappa shape index (κ2) is 4.11. The molecular formula is C8H10F2N2O2S. The maximum atomic E-state index is 13.1. The Morgan fingerprint density at radius 1 is 1.27 bits per heavy atom. The van der Waals surface area contributed by atoms with E-state index >= 15 is 0 Å². The lowest BCUT2D eigenvalue weighted by molar-refractivity contribution is 0.508. The predicted molar refractivity (Wildman–Crippen MR) is 52.6 cm³/mol. The van der Waals surface area contributed by atoms with Crippen LogP contribution in [-0.4, -0.2) is 26.8 Å². The van der Waals surface area contributed by atoms with Crippen LogP contribution in [0.4, 0.5) is 14.5 Å². The highest BCUT2D eigenvalue weighted by molar-refractivity contribution is 7.90. The number of rotatable bonds is 3. The molecule has 0 aliphatic rings. The van der Waals surface area contributed by atoms with Gasteiger partial charge in [0.15, 0.2) is 11.6 Å². The van der Waals surface area contributed by atoms with Crippen LogP contribution in [0.3, 0.4) is 0 Å². The highest BCUT2D eigenvalue weighted by atomic mass is 32.2. The van der Waals surface area contributed by atoms with E-state index in [1.807, 2.05) is 4.72 Å². The molecule has 0 saturated carbocycles. The molecule has 0 unspecified atom stereocenters. The smallest absolute Gasteiger partial charge is 0.268 e. The third-order valence-corrected chi connectivity index (χ3v) is 3.11. The molecule has 0 spiro atoms. The lowest BCUT2D eigenvalue weighted by Gasteiger charge is -2.13. The van der Waals surface area contributed by atoms with E-state index < -0.39 is 27.5 Å². The zero-order chi connectivity index (χ0) is 11.6. The maximum absolute atomic E-state index is 13.1. The van der Waals surface area contributed by atoms with Crippen LogP contribution in [0.1, 0.15) is 0 Å². The molecule has 1 aromatic rings. The van der Waals surface area contributed by atoms with Crippen molar-refractivity contribution in [1.82, 2.24) is 4.31 Å². The van der Waals surface area contributed by atoms with Gasteiger partial charge in [-0.1, -0.05) is 6.07 Å². The SMILES string of the molecule is CN(C)S(=O)(=O)Nc1cccc(F)c1F. The van der Waals surface area contributed by atoms with Gasteiger partial charge in [-0.2, -0.15) is 12.7 Å². The number of anilines is 1. The van der Waals surface area contributed by atoms with E-state index in [9.17, 15) is 17.2 Å². The minimum atomic E-state index is -3.81. The highest BCUT2D eigenvalue weighted by Crippen LogP contribution is 2.18. The monoisotopic (exact) mass is 236 g/mol. The number of hydrogen-bond donors (Lipinski definition) is 1. The largest absolute Gasteiger partial charge is 0.301 e. The summed E-state index contributed by atoms with van der Waals surface area (Å²) in [6, 6.07) is 3.26. The second-order valence-electron chi connectivity index (χ2n) is 2.99. The molecule has 0 aromatic heterocycles. The molecule has 1 aromatic carbocycles. The van der Waals surface area contributed by atoms with Gasteiger partial charge in [0.25, 0.3) is 0 Å². The Balaban J connectivity index is 3.06. The van der Waals surface area contributed by atoms with E-state index in [1.165, 1.54) is 20.2 Å². The van der Waals surface area contributed by atoms with E-state index in [2.05, 4.69) is 0 Å². The van der Waals surface area contributed by atoms with Crippen molar-refractivity contribution >= 4 is 15.9 Å². The molecule has 15 heavy (non-hydrogen) atoms. The third-order valence-electron chi connectivity index (χ3n) is 1.67. The first kappa shape index (κ1) is 11.9. The summed E-state index contributed by atoms with van der Waals surface area (Å²) in [5.41, 5.74) is -0.413. The van der Waals surface area contributed by atoms with Crippen LogP contribution in [-0.2, 0) is 10.2 Å². The van der Waals surface area contributed by atoms with Crippen molar-refractivity contribution in [3.05, 3.63) is 29.8 Å². The summed E-state index contributed by atoms with van der Waals surface area (Å²) >= 11 is 0. The lowest BCUT2D eigenvalue weighted by Crippen LogP contribution is -2.29. The van der Waals surface area contributed by atoms with Crippen molar-refractivity contribution in [1.29, 1.82) is 0 Å². The Labute approximate surface area is 86.7 Å². The van der Waals surface area contributed by atoms with Crippen molar-refractivity contribution in [2.24, 2.45) is 0 Å². The van der Waals surface area contributed by atoms with Crippen LogP contribution in [0.15, 0.2) is 18.2 Å². The molecule has 4 nitrogen and oxygen atoms in total. The summed E-state index contributed by atoms with van der Waals surface area (Å²) in [5, 5.41) is 0. The van der Waals surface area contributed by atoms with Gasteiger partial charge in [-0.3, -0.25) is 4.72 Å². The Hall–Kier alpha value is -1.21. The third kappa shape index (κ3) is 2.63. The number of hydrogen-bond acceptors (Lipinski definition) is 2. The molecule has 0 fully saturated rings. The molecule has 0 aliphatic carbocycles. The van der Waals surface area contributed by atoms with Crippen molar-refractivity contribution in [2.75, 3.05) is 18.8 Å². The van der Waals surface area contributed by atoms with Gasteiger partial charge in [0, 0.05) is 14.1 Å². The predicted octanol–water partition coefficient (Wildman–Crippen LogP) is 1.18. The van der Waals surface area contributed by atoms with Gasteiger partial charge < -0.3 is 0 Å². The van der Waals surface area contributed by atoms with Crippen molar-refractivity contribution in [3.63, 3.8) is 0 Å². The van der Waals surface area contributed by atoms with Crippen molar-refractivity contribution in [3.8, 4) is 0 Å². The summed E-state index contributed by atoms with van der Waals surface area (Å²) in [5.74, 6) is -2.32. The Morgan fingerprint density at radius 2 is 1.87 bits per heavy atom. The Kier molecular flexibility index (Phi) is 3.25. The fraction of sp³-hybridized carbons (Fsp3) is 0.250. The van der Waals surface area contributed by atoms with Crippen LogP contribution in [0.25, 0.3) is 0 Å². The molecular weight excluding hydrogens is 226 g/mol. The van der Waals surface area contributed by atoms with Gasteiger partial charge in [-0.05, 0) is 12.1 Å². The van der Waals surface area contributed by atoms with Crippen LogP contribution in [0.2, 0.25) is 0 Å². The average molecular weight is 236 g/mol. The topological polar surface area (TPSA) is 49.4 Å². The van der Waals surface area contributed by atoms with Gasteiger partial charge in [-0.15, -0.1) is 0 Å². The van der Waals surface area contributed by atoms with Gasteiger partial charge >= 0.3 is 10.2 Å². The minimum absolute atomic E-state index is 0.413. The quantitative estimate of drug-likeness (QED) is 0.856. The molecule has 0 saturated heterocycles. The first-order valence-electron chi connectivity index (χ1n) is 3.99. The Bertz CT molecular complexity index is 460.